The number of fused-ring (bicyclic) bond motifs is 1. The number of amides is 1. The van der Waals surface area contributed by atoms with Crippen LogP contribution in [-0.4, -0.2) is 48.1 Å². The Kier molecular flexibility index (Phi) is 8.34. The van der Waals surface area contributed by atoms with Crippen LogP contribution in [0.2, 0.25) is 0 Å². The maximum absolute atomic E-state index is 13.5. The molecule has 0 unspecified atom stereocenters. The van der Waals surface area contributed by atoms with Gasteiger partial charge in [-0.25, -0.2) is 0 Å². The van der Waals surface area contributed by atoms with E-state index in [9.17, 15) is 14.7 Å². The van der Waals surface area contributed by atoms with E-state index in [4.69, 9.17) is 14.2 Å². The number of carbonyl (C=O) groups excluding carboxylic acids is 2. The molecule has 5 rings (SSSR count). The summed E-state index contributed by atoms with van der Waals surface area (Å²) in [5, 5.41) is 11.6. The van der Waals surface area contributed by atoms with E-state index in [1.807, 2.05) is 49.4 Å². The monoisotopic (exact) mass is 555 g/mol. The van der Waals surface area contributed by atoms with E-state index in [2.05, 4.69) is 13.8 Å². The average Bonchev–Trinajstić information content (AvgIpc) is 3.46. The second-order valence-electron chi connectivity index (χ2n) is 11.1. The summed E-state index contributed by atoms with van der Waals surface area (Å²) >= 11 is 0. The van der Waals surface area contributed by atoms with Gasteiger partial charge < -0.3 is 24.2 Å². The van der Waals surface area contributed by atoms with Gasteiger partial charge in [-0.05, 0) is 72.7 Å². The molecule has 0 aromatic heterocycles. The zero-order valence-corrected chi connectivity index (χ0v) is 24.1. The molecule has 1 fully saturated rings. The second-order valence-corrected chi connectivity index (χ2v) is 11.1. The normalized spacial score (nSPS) is 19.4. The van der Waals surface area contributed by atoms with Gasteiger partial charge in [-0.3, -0.25) is 9.59 Å². The first-order valence-electron chi connectivity index (χ1n) is 14.2. The lowest BCUT2D eigenvalue weighted by Gasteiger charge is -2.26. The molecule has 2 atom stereocenters. The fourth-order valence-corrected chi connectivity index (χ4v) is 5.45. The Hall–Kier alpha value is -4.26. The summed E-state index contributed by atoms with van der Waals surface area (Å²) in [4.78, 5) is 28.6. The molecular weight excluding hydrogens is 518 g/mol. The number of aliphatic hydroxyl groups excluding tert-OH is 1. The van der Waals surface area contributed by atoms with E-state index in [1.54, 1.807) is 36.3 Å². The SMILES string of the molecule is COc1cc([C@H]2C(=C(O)c3ccc4c(c3)C[C@@H](C)O4)C(=O)C(=O)N2CCc2ccccc2)ccc1OCCC(C)C. The molecule has 2 aliphatic rings. The van der Waals surface area contributed by atoms with Crippen LogP contribution in [0.4, 0.5) is 0 Å². The van der Waals surface area contributed by atoms with E-state index < -0.39 is 17.7 Å². The van der Waals surface area contributed by atoms with Crippen molar-refractivity contribution in [1.29, 1.82) is 0 Å². The van der Waals surface area contributed by atoms with Gasteiger partial charge in [-0.1, -0.05) is 50.2 Å². The molecule has 1 amide bonds. The minimum Gasteiger partial charge on any atom is -0.507 e. The number of methoxy groups -OCH3 is 1. The van der Waals surface area contributed by atoms with Gasteiger partial charge in [0.25, 0.3) is 11.7 Å². The second kappa shape index (κ2) is 12.1. The Morgan fingerprint density at radius 3 is 2.56 bits per heavy atom. The van der Waals surface area contributed by atoms with Crippen LogP contribution in [0.1, 0.15) is 55.5 Å². The van der Waals surface area contributed by atoms with Crippen molar-refractivity contribution in [3.05, 3.63) is 94.6 Å². The average molecular weight is 556 g/mol. The zero-order valence-electron chi connectivity index (χ0n) is 24.1. The Morgan fingerprint density at radius 2 is 1.83 bits per heavy atom. The number of carbonyl (C=O) groups is 2. The predicted octanol–water partition coefficient (Wildman–Crippen LogP) is 6.11. The summed E-state index contributed by atoms with van der Waals surface area (Å²) in [7, 11) is 1.56. The van der Waals surface area contributed by atoms with Gasteiger partial charge in [0.2, 0.25) is 0 Å². The fourth-order valence-electron chi connectivity index (χ4n) is 5.45. The molecule has 1 saturated heterocycles. The third-order valence-corrected chi connectivity index (χ3v) is 7.65. The molecule has 41 heavy (non-hydrogen) atoms. The Balaban J connectivity index is 1.55. The summed E-state index contributed by atoms with van der Waals surface area (Å²) in [5.74, 6) is 0.817. The van der Waals surface area contributed by atoms with Crippen molar-refractivity contribution >= 4 is 17.4 Å². The zero-order chi connectivity index (χ0) is 29.1. The number of hydrogen-bond donors (Lipinski definition) is 1. The number of ether oxygens (including phenoxy) is 3. The van der Waals surface area contributed by atoms with Gasteiger partial charge in [0.15, 0.2) is 11.5 Å². The smallest absolute Gasteiger partial charge is 0.295 e. The Bertz CT molecular complexity index is 1460. The highest BCUT2D eigenvalue weighted by molar-refractivity contribution is 6.46. The maximum Gasteiger partial charge on any atom is 0.295 e. The number of aliphatic hydroxyl groups is 1. The van der Waals surface area contributed by atoms with Crippen LogP contribution in [0.3, 0.4) is 0 Å². The molecule has 0 aliphatic carbocycles. The highest BCUT2D eigenvalue weighted by atomic mass is 16.5. The number of nitrogens with zero attached hydrogens (tertiary/aromatic N) is 1. The van der Waals surface area contributed by atoms with Gasteiger partial charge >= 0.3 is 0 Å². The summed E-state index contributed by atoms with van der Waals surface area (Å²) in [5.41, 5.74) is 3.21. The minimum absolute atomic E-state index is 0.0414. The van der Waals surface area contributed by atoms with Crippen LogP contribution < -0.4 is 14.2 Å². The van der Waals surface area contributed by atoms with Crippen molar-refractivity contribution in [2.45, 2.75) is 52.2 Å². The molecule has 214 valence electrons. The minimum atomic E-state index is -0.791. The van der Waals surface area contributed by atoms with E-state index >= 15 is 0 Å². The molecular formula is C34H37NO6. The highest BCUT2D eigenvalue weighted by Crippen LogP contribution is 2.43. The van der Waals surface area contributed by atoms with Crippen molar-refractivity contribution in [2.75, 3.05) is 20.3 Å². The molecule has 0 radical (unpaired) electrons. The van der Waals surface area contributed by atoms with Gasteiger partial charge in [0.1, 0.15) is 17.6 Å². The molecule has 0 bridgehead atoms. The molecule has 0 spiro atoms. The first kappa shape index (κ1) is 28.3. The standard InChI is InChI=1S/C34H37NO6/c1-21(2)15-17-40-28-13-10-24(20-29(28)39-4)31-30(32(36)25-11-12-27-26(19-25)18-22(3)41-27)33(37)34(38)35(31)16-14-23-8-6-5-7-9-23/h5-13,19-22,31,36H,14-18H2,1-4H3/t22-,31+/m1/s1. The fraction of sp³-hybridized carbons (Fsp3) is 0.353. The van der Waals surface area contributed by atoms with E-state index in [1.165, 1.54) is 0 Å². The first-order chi connectivity index (χ1) is 19.8. The molecule has 3 aromatic rings. The number of ketones is 1. The van der Waals surface area contributed by atoms with Crippen molar-refractivity contribution in [2.24, 2.45) is 5.92 Å². The summed E-state index contributed by atoms with van der Waals surface area (Å²) in [6.45, 7) is 7.11. The van der Waals surface area contributed by atoms with Crippen LogP contribution in [-0.2, 0) is 22.4 Å². The number of Topliss-reactive ketones (excluding diaryl/α,β-unsaturated/α-hetero) is 1. The molecule has 0 saturated carbocycles. The van der Waals surface area contributed by atoms with Crippen LogP contribution in [0.15, 0.2) is 72.3 Å². The number of likely N-dealkylation sites (tertiary alicyclic amines) is 1. The lowest BCUT2D eigenvalue weighted by molar-refractivity contribution is -0.139. The lowest BCUT2D eigenvalue weighted by Crippen LogP contribution is -2.31. The largest absolute Gasteiger partial charge is 0.507 e. The third kappa shape index (κ3) is 5.94. The van der Waals surface area contributed by atoms with Gasteiger partial charge in [-0.15, -0.1) is 0 Å². The number of benzene rings is 3. The predicted molar refractivity (Wildman–Crippen MR) is 157 cm³/mol. The van der Waals surface area contributed by atoms with Gasteiger partial charge in [0, 0.05) is 18.5 Å². The van der Waals surface area contributed by atoms with Gasteiger partial charge in [0.05, 0.1) is 25.3 Å². The summed E-state index contributed by atoms with van der Waals surface area (Å²) < 4.78 is 17.4. The Morgan fingerprint density at radius 1 is 1.05 bits per heavy atom. The molecule has 7 heteroatoms. The summed E-state index contributed by atoms with van der Waals surface area (Å²) in [6, 6.07) is 19.8. The topological polar surface area (TPSA) is 85.3 Å². The van der Waals surface area contributed by atoms with Crippen LogP contribution >= 0.6 is 0 Å². The maximum atomic E-state index is 13.5. The number of hydrogen-bond acceptors (Lipinski definition) is 6. The van der Waals surface area contributed by atoms with Crippen LogP contribution in [0, 0.1) is 5.92 Å². The number of rotatable bonds is 10. The molecule has 3 aromatic carbocycles. The van der Waals surface area contributed by atoms with E-state index in [0.717, 1.165) is 23.3 Å². The molecule has 2 heterocycles. The van der Waals surface area contributed by atoms with Crippen LogP contribution in [0.5, 0.6) is 17.2 Å². The van der Waals surface area contributed by atoms with Crippen LogP contribution in [0.25, 0.3) is 5.76 Å². The Labute approximate surface area is 241 Å². The highest BCUT2D eigenvalue weighted by Gasteiger charge is 2.46. The van der Waals surface area contributed by atoms with Gasteiger partial charge in [-0.2, -0.15) is 0 Å². The van der Waals surface area contributed by atoms with Crippen molar-refractivity contribution in [3.8, 4) is 17.2 Å². The molecule has 1 N–H and O–H groups in total. The molecule has 7 nitrogen and oxygen atoms in total. The third-order valence-electron chi connectivity index (χ3n) is 7.65. The first-order valence-corrected chi connectivity index (χ1v) is 14.2. The van der Waals surface area contributed by atoms with Crippen molar-refractivity contribution in [1.82, 2.24) is 4.90 Å². The van der Waals surface area contributed by atoms with E-state index in [-0.39, 0.29) is 17.4 Å². The summed E-state index contributed by atoms with van der Waals surface area (Å²) in [6.07, 6.45) is 2.21. The molecule has 2 aliphatic heterocycles. The quantitative estimate of drug-likeness (QED) is 0.185. The van der Waals surface area contributed by atoms with E-state index in [0.29, 0.717) is 54.5 Å². The van der Waals surface area contributed by atoms with Crippen molar-refractivity contribution in [3.63, 3.8) is 0 Å². The van der Waals surface area contributed by atoms with Crippen molar-refractivity contribution < 1.29 is 28.9 Å². The lowest BCUT2D eigenvalue weighted by atomic mass is 9.94.